The molecule has 2 heterocycles. The molecule has 5 nitrogen and oxygen atoms in total. The van der Waals surface area contributed by atoms with Crippen molar-refractivity contribution >= 4 is 5.71 Å². The number of hydrazone groups is 1. The van der Waals surface area contributed by atoms with E-state index in [2.05, 4.69) is 6.07 Å². The zero-order valence-electron chi connectivity index (χ0n) is 15.4. The Morgan fingerprint density at radius 1 is 1.00 bits per heavy atom. The van der Waals surface area contributed by atoms with Gasteiger partial charge in [-0.2, -0.15) is 5.10 Å². The van der Waals surface area contributed by atoms with E-state index in [1.54, 1.807) is 18.2 Å². The van der Waals surface area contributed by atoms with E-state index in [-0.39, 0.29) is 17.5 Å². The molecular formula is C23H20N2O3. The zero-order valence-corrected chi connectivity index (χ0v) is 15.4. The molecule has 0 aromatic heterocycles. The number of ether oxygens (including phenoxy) is 1. The van der Waals surface area contributed by atoms with Crippen LogP contribution >= 0.6 is 0 Å². The fraction of sp³-hybridized carbons (Fsp3) is 0.174. The Kier molecular flexibility index (Phi) is 3.76. The third-order valence-corrected chi connectivity index (χ3v) is 5.34. The van der Waals surface area contributed by atoms with Crippen molar-refractivity contribution in [2.45, 2.75) is 25.6 Å². The second-order valence-electron chi connectivity index (χ2n) is 7.27. The molecule has 2 N–H and O–H groups in total. The number of phenolic OH excluding ortho intramolecular Hbond substituents is 2. The number of benzene rings is 3. The molecule has 28 heavy (non-hydrogen) atoms. The van der Waals surface area contributed by atoms with E-state index in [4.69, 9.17) is 9.84 Å². The normalized spacial score (nSPS) is 20.2. The summed E-state index contributed by atoms with van der Waals surface area (Å²) in [5, 5.41) is 26.8. The average molecular weight is 372 g/mol. The molecule has 2 atom stereocenters. The van der Waals surface area contributed by atoms with Gasteiger partial charge in [-0.25, -0.2) is 5.01 Å². The van der Waals surface area contributed by atoms with Crippen LogP contribution in [-0.4, -0.2) is 20.9 Å². The molecule has 0 saturated carbocycles. The molecule has 0 saturated heterocycles. The number of hydrogen-bond donors (Lipinski definition) is 2. The minimum Gasteiger partial charge on any atom is -0.508 e. The topological polar surface area (TPSA) is 65.3 Å². The summed E-state index contributed by atoms with van der Waals surface area (Å²) in [6, 6.07) is 20.6. The number of aryl methyl sites for hydroxylation is 1. The number of para-hydroxylation sites is 1. The molecule has 2 aliphatic heterocycles. The SMILES string of the molecule is Cc1ccc(O)c(C2=NN3C(C2)c2ccccc2OC3c2ccc(O)cc2)c1. The van der Waals surface area contributed by atoms with Crippen LogP contribution in [0.3, 0.4) is 0 Å². The van der Waals surface area contributed by atoms with E-state index in [1.165, 1.54) is 0 Å². The molecular weight excluding hydrogens is 352 g/mol. The molecule has 0 radical (unpaired) electrons. The van der Waals surface area contributed by atoms with E-state index < -0.39 is 6.23 Å². The fourth-order valence-electron chi connectivity index (χ4n) is 3.94. The summed E-state index contributed by atoms with van der Waals surface area (Å²) >= 11 is 0. The predicted molar refractivity (Wildman–Crippen MR) is 106 cm³/mol. The van der Waals surface area contributed by atoms with Crippen molar-refractivity contribution in [3.63, 3.8) is 0 Å². The minimum atomic E-state index is -0.398. The monoisotopic (exact) mass is 372 g/mol. The van der Waals surface area contributed by atoms with Gasteiger partial charge < -0.3 is 14.9 Å². The van der Waals surface area contributed by atoms with Crippen LogP contribution in [0.15, 0.2) is 71.8 Å². The van der Waals surface area contributed by atoms with Gasteiger partial charge in [0, 0.05) is 23.1 Å². The van der Waals surface area contributed by atoms with Crippen LogP contribution in [0.2, 0.25) is 0 Å². The summed E-state index contributed by atoms with van der Waals surface area (Å²) < 4.78 is 6.28. The van der Waals surface area contributed by atoms with Gasteiger partial charge in [-0.3, -0.25) is 0 Å². The highest BCUT2D eigenvalue weighted by atomic mass is 16.5. The molecule has 2 unspecified atom stereocenters. The second kappa shape index (κ2) is 6.30. The third kappa shape index (κ3) is 2.67. The van der Waals surface area contributed by atoms with Crippen LogP contribution in [0.4, 0.5) is 0 Å². The van der Waals surface area contributed by atoms with Crippen molar-refractivity contribution in [2.24, 2.45) is 5.10 Å². The van der Waals surface area contributed by atoms with Gasteiger partial charge in [0.05, 0.1) is 11.8 Å². The lowest BCUT2D eigenvalue weighted by atomic mass is 9.95. The highest BCUT2D eigenvalue weighted by Crippen LogP contribution is 2.47. The summed E-state index contributed by atoms with van der Waals surface area (Å²) in [6.45, 7) is 2.00. The Morgan fingerprint density at radius 3 is 2.61 bits per heavy atom. The van der Waals surface area contributed by atoms with Crippen molar-refractivity contribution in [3.8, 4) is 17.2 Å². The van der Waals surface area contributed by atoms with Gasteiger partial charge >= 0.3 is 0 Å². The Bertz CT molecular complexity index is 1080. The highest BCUT2D eigenvalue weighted by Gasteiger charge is 2.41. The van der Waals surface area contributed by atoms with Crippen LogP contribution in [0.25, 0.3) is 0 Å². The summed E-state index contributed by atoms with van der Waals surface area (Å²) in [4.78, 5) is 0. The van der Waals surface area contributed by atoms with Crippen molar-refractivity contribution in [1.29, 1.82) is 0 Å². The molecule has 5 heteroatoms. The highest BCUT2D eigenvalue weighted by molar-refractivity contribution is 6.04. The van der Waals surface area contributed by atoms with Crippen LogP contribution in [0, 0.1) is 6.92 Å². The molecule has 3 aromatic rings. The lowest BCUT2D eigenvalue weighted by Gasteiger charge is -2.38. The summed E-state index contributed by atoms with van der Waals surface area (Å²) in [5.41, 5.74) is 4.68. The fourth-order valence-corrected chi connectivity index (χ4v) is 3.94. The molecule has 2 aliphatic rings. The molecule has 140 valence electrons. The van der Waals surface area contributed by atoms with E-state index in [0.29, 0.717) is 6.42 Å². The zero-order chi connectivity index (χ0) is 19.3. The predicted octanol–water partition coefficient (Wildman–Crippen LogP) is 4.65. The summed E-state index contributed by atoms with van der Waals surface area (Å²) in [6.07, 6.45) is 0.288. The van der Waals surface area contributed by atoms with Crippen molar-refractivity contribution in [1.82, 2.24) is 5.01 Å². The Balaban J connectivity index is 1.61. The summed E-state index contributed by atoms with van der Waals surface area (Å²) in [7, 11) is 0. The van der Waals surface area contributed by atoms with Gasteiger partial charge in [-0.1, -0.05) is 29.8 Å². The first-order valence-corrected chi connectivity index (χ1v) is 9.30. The second-order valence-corrected chi connectivity index (χ2v) is 7.27. The third-order valence-electron chi connectivity index (χ3n) is 5.34. The maximum absolute atomic E-state index is 10.4. The first kappa shape index (κ1) is 16.7. The molecule has 0 spiro atoms. The maximum atomic E-state index is 10.4. The Hall–Kier alpha value is -3.47. The van der Waals surface area contributed by atoms with Crippen LogP contribution in [0.1, 0.15) is 40.9 Å². The molecule has 0 bridgehead atoms. The lowest BCUT2D eigenvalue weighted by Crippen LogP contribution is -2.33. The van der Waals surface area contributed by atoms with Gasteiger partial charge in [-0.15, -0.1) is 0 Å². The lowest BCUT2D eigenvalue weighted by molar-refractivity contribution is -0.0190. The van der Waals surface area contributed by atoms with Gasteiger partial charge in [0.1, 0.15) is 17.2 Å². The first-order valence-electron chi connectivity index (χ1n) is 9.30. The first-order chi connectivity index (χ1) is 13.6. The van der Waals surface area contributed by atoms with E-state index >= 15 is 0 Å². The molecule has 5 rings (SSSR count). The van der Waals surface area contributed by atoms with Crippen molar-refractivity contribution in [2.75, 3.05) is 0 Å². The molecule has 0 aliphatic carbocycles. The maximum Gasteiger partial charge on any atom is 0.213 e. The number of rotatable bonds is 2. The van der Waals surface area contributed by atoms with E-state index in [9.17, 15) is 10.2 Å². The van der Waals surface area contributed by atoms with Gasteiger partial charge in [-0.05, 0) is 49.4 Å². The summed E-state index contributed by atoms with van der Waals surface area (Å²) in [5.74, 6) is 1.29. The van der Waals surface area contributed by atoms with Crippen LogP contribution < -0.4 is 4.74 Å². The number of aromatic hydroxyl groups is 2. The minimum absolute atomic E-state index is 0.0265. The number of phenols is 2. The van der Waals surface area contributed by atoms with Gasteiger partial charge in [0.25, 0.3) is 0 Å². The quantitative estimate of drug-likeness (QED) is 0.687. The largest absolute Gasteiger partial charge is 0.508 e. The standard InChI is InChI=1S/C23H20N2O3/c1-14-6-11-21(27)18(12-14)19-13-20-17-4-2-3-5-22(17)28-23(25(20)24-19)15-7-9-16(26)10-8-15/h2-12,20,23,26-27H,13H2,1H3. The van der Waals surface area contributed by atoms with Crippen LogP contribution in [-0.2, 0) is 0 Å². The Morgan fingerprint density at radius 2 is 1.79 bits per heavy atom. The van der Waals surface area contributed by atoms with Crippen molar-refractivity contribution in [3.05, 3.63) is 89.0 Å². The van der Waals surface area contributed by atoms with E-state index in [1.807, 2.05) is 54.4 Å². The number of hydrogen-bond acceptors (Lipinski definition) is 5. The molecule has 0 amide bonds. The molecule has 3 aromatic carbocycles. The number of nitrogens with zero attached hydrogens (tertiary/aromatic N) is 2. The molecule has 0 fully saturated rings. The average Bonchev–Trinajstić information content (AvgIpc) is 3.15. The Labute approximate surface area is 163 Å². The van der Waals surface area contributed by atoms with Gasteiger partial charge in [0.15, 0.2) is 0 Å². The van der Waals surface area contributed by atoms with E-state index in [0.717, 1.165) is 33.7 Å². The smallest absolute Gasteiger partial charge is 0.213 e. The van der Waals surface area contributed by atoms with Crippen LogP contribution in [0.5, 0.6) is 17.2 Å². The number of fused-ring (bicyclic) bond motifs is 3. The van der Waals surface area contributed by atoms with Gasteiger partial charge in [0.2, 0.25) is 6.23 Å². The van der Waals surface area contributed by atoms with Crippen molar-refractivity contribution < 1.29 is 14.9 Å².